The molecule has 182 valence electrons. The number of aryl methyl sites for hydroxylation is 1. The largest absolute Gasteiger partial charge is 0.342 e. The summed E-state index contributed by atoms with van der Waals surface area (Å²) in [6.07, 6.45) is 3.54. The summed E-state index contributed by atoms with van der Waals surface area (Å²) in [6, 6.07) is 21.2. The smallest absolute Gasteiger partial charge is 0.248 e. The van der Waals surface area contributed by atoms with Crippen LogP contribution < -0.4 is 11.1 Å². The lowest BCUT2D eigenvalue weighted by molar-refractivity contribution is 0.594. The van der Waals surface area contributed by atoms with Crippen LogP contribution in [-0.4, -0.2) is 29.8 Å². The predicted octanol–water partition coefficient (Wildman–Crippen LogP) is 4.58. The number of imidazole rings is 1. The van der Waals surface area contributed by atoms with Crippen molar-refractivity contribution < 1.29 is 0 Å². The zero-order valence-corrected chi connectivity index (χ0v) is 21.6. The Morgan fingerprint density at radius 1 is 0.972 bits per heavy atom. The quantitative estimate of drug-likeness (QED) is 0.348. The minimum absolute atomic E-state index is 0. The number of aromatic nitrogens is 6. The number of tetrazole rings is 1. The van der Waals surface area contributed by atoms with E-state index in [2.05, 4.69) is 31.9 Å². The SMILES string of the molecule is Cn1cncc1[C@@](N)(c1ccc(Cl)cc1)c1ccc2c(c1)C(c1cccc(Cl)c1)Nc1nnnn1-2.S. The van der Waals surface area contributed by atoms with Crippen LogP contribution in [0, 0.1) is 0 Å². The summed E-state index contributed by atoms with van der Waals surface area (Å²) in [5, 5.41) is 16.9. The van der Waals surface area contributed by atoms with Crippen molar-refractivity contribution in [3.05, 3.63) is 117 Å². The second-order valence-electron chi connectivity index (χ2n) is 8.52. The molecule has 6 rings (SSSR count). The molecule has 0 aliphatic carbocycles. The van der Waals surface area contributed by atoms with Crippen LogP contribution in [-0.2, 0) is 12.6 Å². The number of hydrogen-bond acceptors (Lipinski definition) is 6. The van der Waals surface area contributed by atoms with Gasteiger partial charge in [-0.1, -0.05) is 58.6 Å². The van der Waals surface area contributed by atoms with Crippen molar-refractivity contribution in [1.82, 2.24) is 29.8 Å². The van der Waals surface area contributed by atoms with Gasteiger partial charge in [0.05, 0.1) is 29.9 Å². The van der Waals surface area contributed by atoms with Crippen molar-refractivity contribution in [3.63, 3.8) is 0 Å². The van der Waals surface area contributed by atoms with Crippen LogP contribution in [0.25, 0.3) is 5.69 Å². The molecule has 3 N–H and O–H groups in total. The zero-order valence-electron chi connectivity index (χ0n) is 19.1. The number of nitrogens with zero attached hydrogens (tertiary/aromatic N) is 6. The number of nitrogens with one attached hydrogen (secondary N) is 1. The fourth-order valence-electron chi connectivity index (χ4n) is 4.73. The lowest BCUT2D eigenvalue weighted by atomic mass is 9.79. The molecule has 3 aromatic carbocycles. The Bertz CT molecular complexity index is 1550. The van der Waals surface area contributed by atoms with Crippen LogP contribution in [0.4, 0.5) is 5.95 Å². The molecule has 0 saturated heterocycles. The van der Waals surface area contributed by atoms with Gasteiger partial charge in [-0.15, -0.1) is 0 Å². The maximum Gasteiger partial charge on any atom is 0.248 e. The fourth-order valence-corrected chi connectivity index (χ4v) is 5.06. The lowest BCUT2D eigenvalue weighted by Gasteiger charge is -2.34. The van der Waals surface area contributed by atoms with Gasteiger partial charge in [0.1, 0.15) is 5.54 Å². The van der Waals surface area contributed by atoms with Gasteiger partial charge in [-0.3, -0.25) is 0 Å². The number of benzene rings is 3. The Morgan fingerprint density at radius 3 is 2.47 bits per heavy atom. The summed E-state index contributed by atoms with van der Waals surface area (Å²) in [6.45, 7) is 0. The second-order valence-corrected chi connectivity index (χ2v) is 9.40. The molecule has 2 atom stereocenters. The van der Waals surface area contributed by atoms with Gasteiger partial charge < -0.3 is 15.6 Å². The molecule has 0 amide bonds. The van der Waals surface area contributed by atoms with Crippen molar-refractivity contribution >= 4 is 42.6 Å². The summed E-state index contributed by atoms with van der Waals surface area (Å²) >= 11 is 12.5. The van der Waals surface area contributed by atoms with Gasteiger partial charge in [-0.25, -0.2) is 4.98 Å². The average molecular weight is 537 g/mol. The maximum atomic E-state index is 7.28. The molecule has 11 heteroatoms. The van der Waals surface area contributed by atoms with E-state index in [4.69, 9.17) is 28.9 Å². The Labute approximate surface area is 224 Å². The first kappa shape index (κ1) is 24.3. The third kappa shape index (κ3) is 3.84. The van der Waals surface area contributed by atoms with Crippen LogP contribution >= 0.6 is 36.7 Å². The Morgan fingerprint density at radius 2 is 1.75 bits per heavy atom. The van der Waals surface area contributed by atoms with E-state index in [0.717, 1.165) is 33.6 Å². The molecule has 36 heavy (non-hydrogen) atoms. The summed E-state index contributed by atoms with van der Waals surface area (Å²) in [4.78, 5) is 4.34. The molecule has 0 spiro atoms. The van der Waals surface area contributed by atoms with Crippen LogP contribution in [0.15, 0.2) is 79.3 Å². The number of nitrogens with two attached hydrogens (primary N) is 1. The highest BCUT2D eigenvalue weighted by Gasteiger charge is 2.37. The maximum absolute atomic E-state index is 7.28. The van der Waals surface area contributed by atoms with E-state index < -0.39 is 5.54 Å². The van der Waals surface area contributed by atoms with Crippen molar-refractivity contribution in [3.8, 4) is 5.69 Å². The average Bonchev–Trinajstić information content (AvgIpc) is 3.52. The molecular formula is C25H22Cl2N8S. The van der Waals surface area contributed by atoms with Gasteiger partial charge >= 0.3 is 0 Å². The fraction of sp³-hybridized carbons (Fsp3) is 0.120. The molecule has 0 bridgehead atoms. The van der Waals surface area contributed by atoms with E-state index in [9.17, 15) is 0 Å². The molecule has 1 aliphatic rings. The lowest BCUT2D eigenvalue weighted by Crippen LogP contribution is -2.41. The van der Waals surface area contributed by atoms with E-state index in [-0.39, 0.29) is 19.5 Å². The molecule has 0 radical (unpaired) electrons. The first-order valence-corrected chi connectivity index (χ1v) is 11.7. The minimum Gasteiger partial charge on any atom is -0.342 e. The highest BCUT2D eigenvalue weighted by molar-refractivity contribution is 7.59. The van der Waals surface area contributed by atoms with Gasteiger partial charge in [0.15, 0.2) is 0 Å². The van der Waals surface area contributed by atoms with Gasteiger partial charge in [0, 0.05) is 22.7 Å². The molecule has 1 unspecified atom stereocenters. The topological polar surface area (TPSA) is 99.5 Å². The van der Waals surface area contributed by atoms with E-state index in [0.29, 0.717) is 16.0 Å². The third-order valence-corrected chi connectivity index (χ3v) is 6.95. The van der Waals surface area contributed by atoms with E-state index >= 15 is 0 Å². The standard InChI is InChI=1S/C25H20Cl2N8.H2S/c1-34-14-29-13-22(34)25(28,16-5-8-18(26)9-6-16)17-7-10-21-20(12-17)23(15-3-2-4-19(27)11-15)30-24-31-32-33-35(21)24;/h2-14,23H,28H2,1H3,(H,30,31,33);1H2/t23?,25-;/m1./s1. The third-order valence-electron chi connectivity index (χ3n) is 6.47. The highest BCUT2D eigenvalue weighted by Crippen LogP contribution is 2.41. The van der Waals surface area contributed by atoms with Crippen LogP contribution in [0.2, 0.25) is 10.0 Å². The van der Waals surface area contributed by atoms with E-state index in [1.807, 2.05) is 72.3 Å². The first-order valence-electron chi connectivity index (χ1n) is 10.9. The summed E-state index contributed by atoms with van der Waals surface area (Å²) in [7, 11) is 1.93. The predicted molar refractivity (Wildman–Crippen MR) is 145 cm³/mol. The number of rotatable bonds is 4. The van der Waals surface area contributed by atoms with Crippen molar-refractivity contribution in [2.45, 2.75) is 11.6 Å². The molecule has 3 heterocycles. The van der Waals surface area contributed by atoms with Crippen molar-refractivity contribution in [2.24, 2.45) is 12.8 Å². The summed E-state index contributed by atoms with van der Waals surface area (Å²) < 4.78 is 3.62. The minimum atomic E-state index is -0.995. The normalized spacial score (nSPS) is 15.7. The first-order chi connectivity index (χ1) is 16.9. The van der Waals surface area contributed by atoms with Gasteiger partial charge in [0.25, 0.3) is 0 Å². The monoisotopic (exact) mass is 536 g/mol. The van der Waals surface area contributed by atoms with Gasteiger partial charge in [-0.05, 0) is 63.5 Å². The molecule has 2 aromatic heterocycles. The van der Waals surface area contributed by atoms with Crippen molar-refractivity contribution in [2.75, 3.05) is 5.32 Å². The number of fused-ring (bicyclic) bond motifs is 3. The Kier molecular flexibility index (Phi) is 6.25. The molecule has 8 nitrogen and oxygen atoms in total. The molecule has 5 aromatic rings. The second kappa shape index (κ2) is 9.25. The number of anilines is 1. The Hall–Kier alpha value is -3.37. The molecule has 1 aliphatic heterocycles. The summed E-state index contributed by atoms with van der Waals surface area (Å²) in [5.41, 5.74) is 11.7. The van der Waals surface area contributed by atoms with E-state index in [1.165, 1.54) is 0 Å². The van der Waals surface area contributed by atoms with E-state index in [1.54, 1.807) is 17.2 Å². The molecular weight excluding hydrogens is 515 g/mol. The Balaban J connectivity index is 0.00000267. The molecule has 0 fully saturated rings. The van der Waals surface area contributed by atoms with Crippen LogP contribution in [0.5, 0.6) is 0 Å². The van der Waals surface area contributed by atoms with Crippen LogP contribution in [0.3, 0.4) is 0 Å². The zero-order chi connectivity index (χ0) is 24.2. The van der Waals surface area contributed by atoms with Gasteiger partial charge in [0.2, 0.25) is 5.95 Å². The highest BCUT2D eigenvalue weighted by atomic mass is 35.5. The van der Waals surface area contributed by atoms with Gasteiger partial charge in [-0.2, -0.15) is 18.2 Å². The number of hydrogen-bond donors (Lipinski definition) is 2. The molecule has 0 saturated carbocycles. The van der Waals surface area contributed by atoms with Crippen molar-refractivity contribution in [1.29, 1.82) is 0 Å². The summed E-state index contributed by atoms with van der Waals surface area (Å²) in [5.74, 6) is 0.554. The number of halogens is 2. The van der Waals surface area contributed by atoms with Crippen LogP contribution in [0.1, 0.15) is 34.0 Å².